The van der Waals surface area contributed by atoms with E-state index in [1.807, 2.05) is 72.8 Å². The normalized spacial score (nSPS) is 12.9. The van der Waals surface area contributed by atoms with Crippen LogP contribution >= 0.6 is 0 Å². The van der Waals surface area contributed by atoms with Crippen LogP contribution in [-0.4, -0.2) is 18.5 Å². The van der Waals surface area contributed by atoms with Crippen molar-refractivity contribution < 1.29 is 0 Å². The molecular weight excluding hydrogens is 905 g/mol. The van der Waals surface area contributed by atoms with Gasteiger partial charge < -0.3 is 0 Å². The molecule has 0 atom stereocenters. The molecule has 0 unspecified atom stereocenters. The van der Waals surface area contributed by atoms with Crippen molar-refractivity contribution in [2.75, 3.05) is 0 Å². The highest BCUT2D eigenvalue weighted by molar-refractivity contribution is 6.49. The summed E-state index contributed by atoms with van der Waals surface area (Å²) in [5.41, 5.74) is 0.574. The lowest BCUT2D eigenvalue weighted by Gasteiger charge is -2.24. The van der Waals surface area contributed by atoms with Crippen molar-refractivity contribution >= 4 is 114 Å². The van der Waals surface area contributed by atoms with E-state index in [1.165, 1.54) is 0 Å². The Hall–Kier alpha value is -6.74. The molecule has 4 aromatic heterocycles. The number of unbranched alkanes of at least 4 members (excludes halogenated alkanes) is 12. The van der Waals surface area contributed by atoms with E-state index < -0.39 is 0 Å². The van der Waals surface area contributed by atoms with Gasteiger partial charge in [0.1, 0.15) is 5.65 Å². The molecule has 372 valence electrons. The number of benzene rings is 8. The van der Waals surface area contributed by atoms with E-state index in [9.17, 15) is 0 Å². The van der Waals surface area contributed by atoms with Gasteiger partial charge in [0.15, 0.2) is 0 Å². The summed E-state index contributed by atoms with van der Waals surface area (Å²) in [6, 6.07) is 23.2. The predicted molar refractivity (Wildman–Crippen MR) is 307 cm³/mol. The molecule has 12 rings (SSSR count). The third-order valence-corrected chi connectivity index (χ3v) is 17.2. The third kappa shape index (κ3) is 7.14. The summed E-state index contributed by atoms with van der Waals surface area (Å²) in [4.78, 5) is 82.8. The number of hydrogen-bond acceptors (Lipinski definition) is 6. The second kappa shape index (κ2) is 18.9. The second-order valence-corrected chi connectivity index (χ2v) is 21.7. The monoisotopic (exact) mass is 971 g/mol. The van der Waals surface area contributed by atoms with Crippen LogP contribution in [0.25, 0.3) is 114 Å². The highest BCUT2D eigenvalue weighted by Crippen LogP contribution is 2.51. The Kier molecular flexibility index (Phi) is 12.3. The van der Waals surface area contributed by atoms with Crippen molar-refractivity contribution in [3.63, 3.8) is 0 Å². The van der Waals surface area contributed by atoms with Crippen molar-refractivity contribution in [3.05, 3.63) is 125 Å². The van der Waals surface area contributed by atoms with E-state index in [4.69, 9.17) is 4.98 Å². The molecule has 0 amide bonds. The fourth-order valence-corrected chi connectivity index (χ4v) is 13.7. The van der Waals surface area contributed by atoms with Crippen LogP contribution in [0.15, 0.2) is 96.8 Å². The maximum atomic E-state index is 15.8. The predicted octanol–water partition coefficient (Wildman–Crippen LogP) is 15.4. The fraction of sp³-hybridized carbons (Fsp3) is 0.406. The first-order valence-corrected chi connectivity index (χ1v) is 28.0. The third-order valence-electron chi connectivity index (χ3n) is 17.2. The van der Waals surface area contributed by atoms with Crippen LogP contribution < -0.4 is 27.8 Å². The van der Waals surface area contributed by atoms with Crippen LogP contribution in [0.5, 0.6) is 0 Å². The van der Waals surface area contributed by atoms with E-state index in [0.29, 0.717) is 59.5 Å². The Morgan fingerprint density at radius 2 is 0.781 bits per heavy atom. The minimum atomic E-state index is -0.315. The maximum absolute atomic E-state index is 15.8. The molecule has 0 radical (unpaired) electrons. The van der Waals surface area contributed by atoms with Crippen LogP contribution in [0.2, 0.25) is 0 Å². The molecule has 4 heterocycles. The molecule has 0 fully saturated rings. The summed E-state index contributed by atoms with van der Waals surface area (Å²) in [5.74, 6) is 0. The van der Waals surface area contributed by atoms with Crippen LogP contribution in [0.3, 0.4) is 0 Å². The number of nitrogens with zero attached hydrogens (tertiary/aromatic N) is 4. The Balaban J connectivity index is 1.24. The van der Waals surface area contributed by atoms with Crippen molar-refractivity contribution in [2.45, 2.75) is 168 Å². The average Bonchev–Trinajstić information content (AvgIpc) is 3.72. The van der Waals surface area contributed by atoms with E-state index in [2.05, 4.69) is 27.7 Å². The average molecular weight is 971 g/mol. The van der Waals surface area contributed by atoms with Gasteiger partial charge in [-0.1, -0.05) is 167 Å². The van der Waals surface area contributed by atoms with Gasteiger partial charge in [-0.05, 0) is 111 Å². The molecule has 0 aliphatic rings. The fourth-order valence-electron chi connectivity index (χ4n) is 13.7. The Bertz CT molecular complexity index is 4330. The molecule has 8 aromatic carbocycles. The van der Waals surface area contributed by atoms with Gasteiger partial charge in [-0.3, -0.25) is 37.5 Å². The van der Waals surface area contributed by atoms with Crippen molar-refractivity contribution in [1.82, 2.24) is 18.5 Å². The largest absolute Gasteiger partial charge is 0.271 e. The Morgan fingerprint density at radius 1 is 0.370 bits per heavy atom. The zero-order valence-corrected chi connectivity index (χ0v) is 43.1. The molecule has 0 N–H and O–H groups in total. The minimum Gasteiger partial charge on any atom is -0.271 e. The summed E-state index contributed by atoms with van der Waals surface area (Å²) in [5, 5.41) is 12.1. The number of fused-ring (bicyclic) bond motifs is 7. The van der Waals surface area contributed by atoms with E-state index in [0.717, 1.165) is 183 Å². The number of rotatable bonds is 22. The first-order chi connectivity index (χ1) is 35.7. The van der Waals surface area contributed by atoms with Crippen molar-refractivity contribution in [3.8, 4) is 0 Å². The summed E-state index contributed by atoms with van der Waals surface area (Å²) in [6.45, 7) is 8.78. The first kappa shape index (κ1) is 47.3. The van der Waals surface area contributed by atoms with Crippen LogP contribution in [0, 0.1) is 0 Å². The van der Waals surface area contributed by atoms with Gasteiger partial charge in [0.2, 0.25) is 0 Å². The van der Waals surface area contributed by atoms with Crippen LogP contribution in [0.1, 0.15) is 168 Å². The molecule has 0 bridgehead atoms. The molecule has 0 spiro atoms. The van der Waals surface area contributed by atoms with Crippen LogP contribution in [-0.2, 0) is 0 Å². The molecule has 9 nitrogen and oxygen atoms in total. The van der Waals surface area contributed by atoms with Gasteiger partial charge in [-0.15, -0.1) is 0 Å². The number of pyridine rings is 2. The van der Waals surface area contributed by atoms with E-state index in [1.54, 1.807) is 13.5 Å². The van der Waals surface area contributed by atoms with Gasteiger partial charge in [-0.2, -0.15) is 0 Å². The Labute approximate surface area is 423 Å². The van der Waals surface area contributed by atoms with Gasteiger partial charge >= 0.3 is 0 Å². The zero-order valence-electron chi connectivity index (χ0n) is 43.1. The molecular formula is C64H66N4O5. The smallest absolute Gasteiger partial charge is 0.265 e. The van der Waals surface area contributed by atoms with E-state index in [-0.39, 0.29) is 39.9 Å². The standard InChI is InChI=1S/C64H66N4O5/c1-5-9-13-17-25-38(26-18-14-10-6-2)66-60(69)42-33-31-40-41-32-34-43-52-47(63(72)67(61(43)70)39(27-19-15-11-7-3)28-20-16-12-8-4)36-45-56(54(41)52)55-44(35-46(62(66)71)51(42)53(40)55)57-58(45)64(73)68-49-30-22-24-37-23-21-29-48(50(37)49)65-59(57)68/h21-24,29-36,38-39H,5-20,25-28H2,1-4H3. The van der Waals surface area contributed by atoms with Crippen molar-refractivity contribution in [1.29, 1.82) is 0 Å². The maximum Gasteiger partial charge on any atom is 0.265 e. The topological polar surface area (TPSA) is 113 Å². The second-order valence-electron chi connectivity index (χ2n) is 21.7. The van der Waals surface area contributed by atoms with E-state index >= 15 is 24.0 Å². The van der Waals surface area contributed by atoms with Gasteiger partial charge in [0.05, 0.1) is 16.4 Å². The molecule has 0 aliphatic heterocycles. The summed E-state index contributed by atoms with van der Waals surface area (Å²) in [7, 11) is 0. The highest BCUT2D eigenvalue weighted by Gasteiger charge is 2.32. The van der Waals surface area contributed by atoms with Crippen molar-refractivity contribution in [2.24, 2.45) is 0 Å². The summed E-state index contributed by atoms with van der Waals surface area (Å²) in [6.07, 6.45) is 19.7. The van der Waals surface area contributed by atoms with Gasteiger partial charge in [0.25, 0.3) is 27.8 Å². The molecule has 12 aromatic rings. The lowest BCUT2D eigenvalue weighted by molar-refractivity contribution is 0.384. The summed E-state index contributed by atoms with van der Waals surface area (Å²) < 4.78 is 4.89. The lowest BCUT2D eigenvalue weighted by Crippen LogP contribution is -2.37. The van der Waals surface area contributed by atoms with Gasteiger partial charge in [0, 0.05) is 55.2 Å². The molecule has 9 heteroatoms. The number of hydrogen-bond donors (Lipinski definition) is 0. The molecule has 0 saturated heterocycles. The first-order valence-electron chi connectivity index (χ1n) is 28.0. The lowest BCUT2D eigenvalue weighted by atomic mass is 9.81. The number of aromatic nitrogens is 4. The van der Waals surface area contributed by atoms with Crippen LogP contribution in [0.4, 0.5) is 0 Å². The highest BCUT2D eigenvalue weighted by atomic mass is 16.2. The SMILES string of the molecule is CCCCCCC(CCCCCC)n1c(=O)c2ccc3c4ccc5c(=O)n(C(CCCCCC)CCCCCC)c(=O)c6cc7c(c4c56)c4c(cc(c1=O)c2c34)c1c(=O)n2c3cccc4cccc(nc2c71)c43. The minimum absolute atomic E-state index is 0.246. The molecule has 0 saturated carbocycles. The van der Waals surface area contributed by atoms with Gasteiger partial charge in [-0.25, -0.2) is 4.98 Å². The zero-order chi connectivity index (χ0) is 50.2. The quantitative estimate of drug-likeness (QED) is 0.0380. The molecule has 73 heavy (non-hydrogen) atoms. The Morgan fingerprint density at radius 3 is 1.25 bits per heavy atom. The summed E-state index contributed by atoms with van der Waals surface area (Å²) >= 11 is 0. The molecule has 0 aliphatic carbocycles.